The molecule has 0 aromatic heterocycles. The Balaban J connectivity index is 2.56. The third-order valence-corrected chi connectivity index (χ3v) is 2.75. The van der Waals surface area contributed by atoms with Crippen LogP contribution < -0.4 is 16.2 Å². The first kappa shape index (κ1) is 14.5. The zero-order chi connectivity index (χ0) is 13.0. The Bertz CT molecular complexity index is 268. The number of thiocarbonyl (C=S) groups is 1. The van der Waals surface area contributed by atoms with Gasteiger partial charge in [0.25, 0.3) is 0 Å². The lowest BCUT2D eigenvalue weighted by molar-refractivity contribution is -0.238. The zero-order valence-electron chi connectivity index (χ0n) is 9.20. The lowest BCUT2D eigenvalue weighted by Gasteiger charge is -2.40. The molecule has 0 amide bonds. The van der Waals surface area contributed by atoms with E-state index in [1.807, 2.05) is 0 Å². The van der Waals surface area contributed by atoms with Gasteiger partial charge in [-0.3, -0.25) is 5.43 Å². The predicted molar refractivity (Wildman–Crippen MR) is 61.7 cm³/mol. The molecule has 0 spiro atoms. The molecule has 0 aromatic carbocycles. The summed E-state index contributed by atoms with van der Waals surface area (Å²) in [6.07, 6.45) is -6.08. The van der Waals surface area contributed by atoms with E-state index in [1.165, 1.54) is 0 Å². The van der Waals surface area contributed by atoms with E-state index in [0.29, 0.717) is 0 Å². The Labute approximate surface area is 104 Å². The molecule has 1 aliphatic rings. The van der Waals surface area contributed by atoms with E-state index in [0.717, 1.165) is 0 Å². The minimum atomic E-state index is -1.41. The largest absolute Gasteiger partial charge is 0.394 e. The number of rotatable bonds is 3. The van der Waals surface area contributed by atoms with Crippen LogP contribution in [0.1, 0.15) is 0 Å². The highest BCUT2D eigenvalue weighted by molar-refractivity contribution is 7.80. The van der Waals surface area contributed by atoms with Crippen molar-refractivity contribution in [2.24, 2.45) is 0 Å². The highest BCUT2D eigenvalue weighted by Crippen LogP contribution is 2.19. The van der Waals surface area contributed by atoms with Gasteiger partial charge in [0.1, 0.15) is 24.4 Å². The summed E-state index contributed by atoms with van der Waals surface area (Å²) in [5.41, 5.74) is 5.05. The summed E-state index contributed by atoms with van der Waals surface area (Å²) in [6, 6.07) is 0. The smallest absolute Gasteiger partial charge is 0.180 e. The summed E-state index contributed by atoms with van der Waals surface area (Å²) in [5, 5.41) is 40.5. The topological polar surface area (TPSA) is 126 Å². The number of hydrogen-bond donors (Lipinski definition) is 7. The van der Waals surface area contributed by atoms with Gasteiger partial charge in [-0.2, -0.15) is 0 Å². The molecule has 0 aliphatic carbocycles. The Morgan fingerprint density at radius 3 is 2.41 bits per heavy atom. The SMILES string of the molecule is CNC(=S)NN[C@@H]1O[C@@H](CO)[C@@H](O)[C@@H](O)[C@H]1O. The maximum absolute atomic E-state index is 9.62. The Kier molecular flexibility index (Phi) is 5.46. The Morgan fingerprint density at radius 1 is 1.24 bits per heavy atom. The van der Waals surface area contributed by atoms with Crippen LogP contribution in [0.5, 0.6) is 0 Å². The van der Waals surface area contributed by atoms with Crippen molar-refractivity contribution in [1.29, 1.82) is 0 Å². The van der Waals surface area contributed by atoms with Gasteiger partial charge < -0.3 is 30.5 Å². The first-order valence-electron chi connectivity index (χ1n) is 5.05. The highest BCUT2D eigenvalue weighted by Gasteiger charge is 2.43. The molecule has 1 rings (SSSR count). The van der Waals surface area contributed by atoms with E-state index in [-0.39, 0.29) is 5.11 Å². The maximum atomic E-state index is 9.62. The molecular weight excluding hydrogens is 250 g/mol. The van der Waals surface area contributed by atoms with Gasteiger partial charge in [-0.05, 0) is 12.2 Å². The molecule has 0 saturated carbocycles. The number of aliphatic hydroxyl groups excluding tert-OH is 4. The lowest BCUT2D eigenvalue weighted by atomic mass is 9.99. The second-order valence-corrected chi connectivity index (χ2v) is 4.01. The fraction of sp³-hybridized carbons (Fsp3) is 0.875. The van der Waals surface area contributed by atoms with Gasteiger partial charge in [0.15, 0.2) is 11.3 Å². The van der Waals surface area contributed by atoms with Crippen molar-refractivity contribution >= 4 is 17.3 Å². The average Bonchev–Trinajstić information content (AvgIpc) is 2.34. The molecule has 0 radical (unpaired) electrons. The van der Waals surface area contributed by atoms with Gasteiger partial charge in [0.05, 0.1) is 6.61 Å². The van der Waals surface area contributed by atoms with Crippen molar-refractivity contribution in [3.05, 3.63) is 0 Å². The van der Waals surface area contributed by atoms with Crippen LogP contribution in [0.3, 0.4) is 0 Å². The predicted octanol–water partition coefficient (Wildman–Crippen LogP) is -3.62. The summed E-state index contributed by atoms with van der Waals surface area (Å²) >= 11 is 4.79. The first-order chi connectivity index (χ1) is 8.01. The normalized spacial score (nSPS) is 37.6. The van der Waals surface area contributed by atoms with Crippen LogP contribution in [0.25, 0.3) is 0 Å². The lowest BCUT2D eigenvalue weighted by Crippen LogP contribution is -2.65. The van der Waals surface area contributed by atoms with Gasteiger partial charge in [0, 0.05) is 7.05 Å². The van der Waals surface area contributed by atoms with Gasteiger partial charge in [0.2, 0.25) is 0 Å². The molecule has 0 aromatic rings. The molecule has 1 saturated heterocycles. The van der Waals surface area contributed by atoms with Crippen molar-refractivity contribution in [1.82, 2.24) is 16.2 Å². The van der Waals surface area contributed by atoms with E-state index in [4.69, 9.17) is 22.1 Å². The number of hydrogen-bond acceptors (Lipinski definition) is 7. The molecule has 1 aliphatic heterocycles. The van der Waals surface area contributed by atoms with E-state index < -0.39 is 37.3 Å². The monoisotopic (exact) mass is 267 g/mol. The molecule has 5 atom stereocenters. The molecule has 1 heterocycles. The quantitative estimate of drug-likeness (QED) is 0.205. The highest BCUT2D eigenvalue weighted by atomic mass is 32.1. The molecule has 0 unspecified atom stereocenters. The van der Waals surface area contributed by atoms with Crippen molar-refractivity contribution in [3.8, 4) is 0 Å². The molecule has 7 N–H and O–H groups in total. The van der Waals surface area contributed by atoms with Gasteiger partial charge in [-0.15, -0.1) is 0 Å². The van der Waals surface area contributed by atoms with Crippen LogP contribution in [0.4, 0.5) is 0 Å². The van der Waals surface area contributed by atoms with Crippen LogP contribution >= 0.6 is 12.2 Å². The fourth-order valence-corrected chi connectivity index (χ4v) is 1.48. The molecule has 1 fully saturated rings. The average molecular weight is 267 g/mol. The van der Waals surface area contributed by atoms with E-state index in [2.05, 4.69) is 16.2 Å². The summed E-state index contributed by atoms with van der Waals surface area (Å²) in [4.78, 5) is 0. The number of ether oxygens (including phenoxy) is 1. The maximum Gasteiger partial charge on any atom is 0.180 e. The van der Waals surface area contributed by atoms with Gasteiger partial charge in [-0.25, -0.2) is 5.43 Å². The third-order valence-electron chi connectivity index (χ3n) is 2.45. The van der Waals surface area contributed by atoms with Crippen molar-refractivity contribution in [3.63, 3.8) is 0 Å². The summed E-state index contributed by atoms with van der Waals surface area (Å²) < 4.78 is 5.15. The minimum absolute atomic E-state index is 0.266. The summed E-state index contributed by atoms with van der Waals surface area (Å²) in [7, 11) is 1.60. The first-order valence-corrected chi connectivity index (χ1v) is 5.45. The molecule has 9 heteroatoms. The summed E-state index contributed by atoms with van der Waals surface area (Å²) in [6.45, 7) is -0.473. The number of hydrazine groups is 1. The fourth-order valence-electron chi connectivity index (χ4n) is 1.42. The van der Waals surface area contributed by atoms with Crippen molar-refractivity contribution < 1.29 is 25.2 Å². The summed E-state index contributed by atoms with van der Waals surface area (Å²) in [5.74, 6) is 0. The van der Waals surface area contributed by atoms with Gasteiger partial charge in [-0.1, -0.05) is 0 Å². The zero-order valence-corrected chi connectivity index (χ0v) is 10.0. The number of aliphatic hydroxyl groups is 4. The molecule has 100 valence electrons. The standard InChI is InChI=1S/C8H17N3O5S/c1-9-8(17)11-10-7-6(15)5(14)4(13)3(2-12)16-7/h3-7,10,12-15H,2H2,1H3,(H2,9,11,17)/t3-,4+,5+,6+,7+/m0/s1. The van der Waals surface area contributed by atoms with E-state index in [1.54, 1.807) is 7.05 Å². The van der Waals surface area contributed by atoms with Crippen LogP contribution in [0, 0.1) is 0 Å². The van der Waals surface area contributed by atoms with Crippen LogP contribution in [-0.2, 0) is 4.74 Å². The van der Waals surface area contributed by atoms with Crippen LogP contribution in [-0.4, -0.2) is 69.8 Å². The van der Waals surface area contributed by atoms with Crippen LogP contribution in [0.15, 0.2) is 0 Å². The van der Waals surface area contributed by atoms with Crippen LogP contribution in [0.2, 0.25) is 0 Å². The van der Waals surface area contributed by atoms with Crippen molar-refractivity contribution in [2.75, 3.05) is 13.7 Å². The van der Waals surface area contributed by atoms with Crippen molar-refractivity contribution in [2.45, 2.75) is 30.6 Å². The number of nitrogens with one attached hydrogen (secondary N) is 3. The Hall–Kier alpha value is -0.550. The molecular formula is C8H17N3O5S. The second-order valence-electron chi connectivity index (χ2n) is 3.60. The Morgan fingerprint density at radius 2 is 1.88 bits per heavy atom. The van der Waals surface area contributed by atoms with E-state index in [9.17, 15) is 15.3 Å². The molecule has 8 nitrogen and oxygen atoms in total. The third kappa shape index (κ3) is 3.45. The minimum Gasteiger partial charge on any atom is -0.394 e. The van der Waals surface area contributed by atoms with Gasteiger partial charge >= 0.3 is 0 Å². The molecule has 17 heavy (non-hydrogen) atoms. The molecule has 0 bridgehead atoms. The van der Waals surface area contributed by atoms with E-state index >= 15 is 0 Å². The second kappa shape index (κ2) is 6.40.